The van der Waals surface area contributed by atoms with Crippen LogP contribution < -0.4 is 10.2 Å². The zero-order valence-electron chi connectivity index (χ0n) is 14.6. The number of carbonyl (C=O) groups is 4. The van der Waals surface area contributed by atoms with Crippen LogP contribution in [-0.2, 0) is 28.8 Å². The van der Waals surface area contributed by atoms with Crippen LogP contribution in [0.3, 0.4) is 0 Å². The Morgan fingerprint density at radius 2 is 2.04 bits per heavy atom. The van der Waals surface area contributed by atoms with Gasteiger partial charge in [-0.1, -0.05) is 0 Å². The van der Waals surface area contributed by atoms with Crippen molar-refractivity contribution in [2.24, 2.45) is 5.10 Å². The van der Waals surface area contributed by atoms with Crippen LogP contribution in [0.1, 0.15) is 19.4 Å². The highest BCUT2D eigenvalue weighted by Gasteiger charge is 2.61. The number of hydrogen-bond acceptors (Lipinski definition) is 7. The van der Waals surface area contributed by atoms with Gasteiger partial charge in [0.25, 0.3) is 5.91 Å². The largest absolute Gasteiger partial charge is 0.468 e. The molecule has 3 amide bonds. The third-order valence-electron chi connectivity index (χ3n) is 3.98. The number of thioether (sulfide) groups is 1. The lowest BCUT2D eigenvalue weighted by atomic mass is 10.1. The minimum absolute atomic E-state index is 0.0150. The Balaban J connectivity index is 2.15. The summed E-state index contributed by atoms with van der Waals surface area (Å²) in [5.41, 5.74) is 0.408. The first-order valence-electron chi connectivity index (χ1n) is 7.75. The molecule has 2 heterocycles. The van der Waals surface area contributed by atoms with E-state index in [-0.39, 0.29) is 16.4 Å². The van der Waals surface area contributed by atoms with E-state index in [9.17, 15) is 23.6 Å². The predicted molar refractivity (Wildman–Crippen MR) is 93.8 cm³/mol. The summed E-state index contributed by atoms with van der Waals surface area (Å²) in [6, 6.07) is 3.60. The van der Waals surface area contributed by atoms with Crippen molar-refractivity contribution >= 4 is 46.3 Å². The average Bonchev–Trinajstić information content (AvgIpc) is 3.07. The quantitative estimate of drug-likeness (QED) is 0.732. The number of fused-ring (bicyclic) bond motifs is 2. The van der Waals surface area contributed by atoms with Crippen LogP contribution in [0, 0.1) is 5.82 Å². The van der Waals surface area contributed by atoms with E-state index in [1.807, 2.05) is 0 Å². The Labute approximate surface area is 157 Å². The maximum atomic E-state index is 14.0. The fourth-order valence-corrected chi connectivity index (χ4v) is 4.26. The number of halogens is 1. The normalized spacial score (nSPS) is 20.6. The van der Waals surface area contributed by atoms with Crippen molar-refractivity contribution in [1.82, 2.24) is 10.3 Å². The van der Waals surface area contributed by atoms with Gasteiger partial charge in [0.1, 0.15) is 12.4 Å². The van der Waals surface area contributed by atoms with Crippen LogP contribution in [-0.4, -0.2) is 47.5 Å². The monoisotopic (exact) mass is 394 g/mol. The third-order valence-corrected chi connectivity index (χ3v) is 5.22. The van der Waals surface area contributed by atoms with Crippen LogP contribution in [0.4, 0.5) is 10.1 Å². The van der Waals surface area contributed by atoms with Gasteiger partial charge in [-0.2, -0.15) is 5.01 Å². The van der Waals surface area contributed by atoms with E-state index in [1.54, 1.807) is 0 Å². The number of hydrogen-bond donors (Lipinski definition) is 1. The van der Waals surface area contributed by atoms with E-state index in [1.165, 1.54) is 27.0 Å². The summed E-state index contributed by atoms with van der Waals surface area (Å²) in [7, 11) is 1.18. The van der Waals surface area contributed by atoms with Gasteiger partial charge in [0.2, 0.25) is 16.7 Å². The molecule has 0 saturated carbocycles. The molecule has 1 N–H and O–H groups in total. The molecule has 142 valence electrons. The number of carbonyl (C=O) groups excluding carboxylic acids is 4. The van der Waals surface area contributed by atoms with Crippen LogP contribution in [0.15, 0.2) is 23.3 Å². The number of amidine groups is 1. The summed E-state index contributed by atoms with van der Waals surface area (Å²) < 4.78 is 18.6. The van der Waals surface area contributed by atoms with E-state index in [4.69, 9.17) is 0 Å². The molecular weight excluding hydrogens is 379 g/mol. The summed E-state index contributed by atoms with van der Waals surface area (Å²) in [6.07, 6.45) is 0. The number of amides is 3. The first-order valence-corrected chi connectivity index (χ1v) is 8.57. The Morgan fingerprint density at radius 3 is 2.63 bits per heavy atom. The number of esters is 1. The number of hydrazone groups is 1. The van der Waals surface area contributed by atoms with Crippen molar-refractivity contribution in [2.75, 3.05) is 18.6 Å². The molecule has 11 heteroatoms. The molecule has 9 nitrogen and oxygen atoms in total. The lowest BCUT2D eigenvalue weighted by molar-refractivity contribution is -0.141. The summed E-state index contributed by atoms with van der Waals surface area (Å²) in [6.45, 7) is 2.02. The molecule has 0 fully saturated rings. The zero-order chi connectivity index (χ0) is 19.9. The molecule has 0 aromatic heterocycles. The smallest absolute Gasteiger partial charge is 0.325 e. The molecule has 1 atom stereocenters. The summed E-state index contributed by atoms with van der Waals surface area (Å²) >= 11 is 0.796. The van der Waals surface area contributed by atoms with E-state index < -0.39 is 40.9 Å². The molecule has 2 aliphatic rings. The third kappa shape index (κ3) is 2.93. The van der Waals surface area contributed by atoms with Crippen LogP contribution >= 0.6 is 11.8 Å². The second kappa shape index (κ2) is 6.65. The molecule has 3 rings (SSSR count). The van der Waals surface area contributed by atoms with Gasteiger partial charge in [-0.15, -0.1) is 5.10 Å². The molecule has 1 aromatic rings. The van der Waals surface area contributed by atoms with E-state index in [2.05, 4.69) is 15.2 Å². The van der Waals surface area contributed by atoms with Crippen molar-refractivity contribution in [3.63, 3.8) is 0 Å². The highest BCUT2D eigenvalue weighted by atomic mass is 32.2. The minimum Gasteiger partial charge on any atom is -0.468 e. The van der Waals surface area contributed by atoms with Crippen molar-refractivity contribution < 1.29 is 28.3 Å². The van der Waals surface area contributed by atoms with Gasteiger partial charge in [-0.25, -0.2) is 4.39 Å². The first kappa shape index (κ1) is 18.8. The predicted octanol–water partition coefficient (Wildman–Crippen LogP) is 0.500. The second-order valence-corrected chi connectivity index (χ2v) is 6.97. The number of methoxy groups -OCH3 is 1. The van der Waals surface area contributed by atoms with Crippen molar-refractivity contribution in [3.8, 4) is 0 Å². The van der Waals surface area contributed by atoms with Gasteiger partial charge in [0, 0.05) is 19.4 Å². The number of anilines is 1. The van der Waals surface area contributed by atoms with Crippen molar-refractivity contribution in [2.45, 2.75) is 18.7 Å². The Hall–Kier alpha value is -2.95. The molecule has 0 bridgehead atoms. The average molecular weight is 394 g/mol. The van der Waals surface area contributed by atoms with Gasteiger partial charge in [0.15, 0.2) is 5.17 Å². The zero-order valence-corrected chi connectivity index (χ0v) is 15.4. The van der Waals surface area contributed by atoms with Gasteiger partial charge < -0.3 is 10.1 Å². The summed E-state index contributed by atoms with van der Waals surface area (Å²) in [5.74, 6) is -3.02. The molecule has 1 aromatic carbocycles. The molecule has 0 saturated heterocycles. The fraction of sp³-hybridized carbons (Fsp3) is 0.312. The van der Waals surface area contributed by atoms with Crippen molar-refractivity contribution in [3.05, 3.63) is 29.6 Å². The summed E-state index contributed by atoms with van der Waals surface area (Å²) in [4.78, 5) is 48.0. The summed E-state index contributed by atoms with van der Waals surface area (Å²) in [5, 5.41) is 7.36. The van der Waals surface area contributed by atoms with Crippen LogP contribution in [0.5, 0.6) is 0 Å². The van der Waals surface area contributed by atoms with Crippen molar-refractivity contribution in [1.29, 1.82) is 0 Å². The SMILES string of the molecule is COC(=O)CN1C(=O)[C@]2(SC(NC(C)=O)=NN2C(C)=O)c2cc(F)ccc21. The molecule has 27 heavy (non-hydrogen) atoms. The lowest BCUT2D eigenvalue weighted by Gasteiger charge is -2.29. The second-order valence-electron chi connectivity index (χ2n) is 5.79. The van der Waals surface area contributed by atoms with Gasteiger partial charge in [0.05, 0.1) is 12.8 Å². The number of rotatable bonds is 2. The van der Waals surface area contributed by atoms with Gasteiger partial charge in [-0.05, 0) is 30.0 Å². The first-order chi connectivity index (χ1) is 12.7. The molecule has 2 aliphatic heterocycles. The molecule has 0 radical (unpaired) electrons. The Kier molecular flexibility index (Phi) is 4.64. The minimum atomic E-state index is -1.75. The highest BCUT2D eigenvalue weighted by molar-refractivity contribution is 8.15. The Bertz CT molecular complexity index is 905. The fourth-order valence-electron chi connectivity index (χ4n) is 2.93. The highest BCUT2D eigenvalue weighted by Crippen LogP contribution is 2.54. The molecular formula is C16H15FN4O5S. The number of nitrogens with zero attached hydrogens (tertiary/aromatic N) is 3. The number of ether oxygens (including phenoxy) is 1. The van der Waals surface area contributed by atoms with E-state index in [0.717, 1.165) is 33.8 Å². The van der Waals surface area contributed by atoms with Crippen LogP contribution in [0.2, 0.25) is 0 Å². The maximum Gasteiger partial charge on any atom is 0.325 e. The molecule has 0 unspecified atom stereocenters. The maximum absolute atomic E-state index is 14.0. The number of nitrogens with one attached hydrogen (secondary N) is 1. The number of benzene rings is 1. The molecule has 0 aliphatic carbocycles. The van der Waals surface area contributed by atoms with E-state index in [0.29, 0.717) is 0 Å². The van der Waals surface area contributed by atoms with Gasteiger partial charge >= 0.3 is 5.97 Å². The van der Waals surface area contributed by atoms with Crippen LogP contribution in [0.25, 0.3) is 0 Å². The van der Waals surface area contributed by atoms with Gasteiger partial charge in [-0.3, -0.25) is 24.1 Å². The Morgan fingerprint density at radius 1 is 1.33 bits per heavy atom. The lowest BCUT2D eigenvalue weighted by Crippen LogP contribution is -2.49. The topological polar surface area (TPSA) is 108 Å². The standard InChI is InChI=1S/C16H15FN4O5S/c1-8(22)18-15-19-21(9(2)23)16(27-15)11-6-10(17)4-5-12(11)20(14(16)25)7-13(24)26-3/h4-6H,7H2,1-3H3,(H,18,19,22)/t16-/m1/s1. The van der Waals surface area contributed by atoms with E-state index >= 15 is 0 Å². The molecule has 1 spiro atoms.